The predicted molar refractivity (Wildman–Crippen MR) is 31.1 cm³/mol. The van der Waals surface area contributed by atoms with Gasteiger partial charge in [0, 0.05) is 0 Å². The summed E-state index contributed by atoms with van der Waals surface area (Å²) < 4.78 is 0. The molecule has 0 saturated carbocycles. The van der Waals surface area contributed by atoms with E-state index >= 15 is 0 Å². The second kappa shape index (κ2) is 5.22. The van der Waals surface area contributed by atoms with Crippen LogP contribution in [0.25, 0.3) is 0 Å². The summed E-state index contributed by atoms with van der Waals surface area (Å²) >= 11 is 10.1. The van der Waals surface area contributed by atoms with Crippen LogP contribution in [-0.4, -0.2) is 24.6 Å². The molecule has 0 aliphatic heterocycles. The summed E-state index contributed by atoms with van der Waals surface area (Å²) in [5, 5.41) is 0. The summed E-state index contributed by atoms with van der Waals surface area (Å²) in [7, 11) is 0. The number of hydrogen-bond donors (Lipinski definition) is 0. The Morgan fingerprint density at radius 1 is 1.40 bits per heavy atom. The van der Waals surface area contributed by atoms with Crippen molar-refractivity contribution in [2.24, 2.45) is 0 Å². The molecule has 3 heteroatoms. The number of rotatable bonds is 0. The molecule has 0 aliphatic rings. The third-order valence-electron chi connectivity index (χ3n) is 0. The molecule has 32 valence electrons. The van der Waals surface area contributed by atoms with Gasteiger partial charge in [-0.05, 0) is 6.92 Å². The Kier molecular flexibility index (Phi) is 9.93. The molecule has 0 aromatic rings. The molecule has 5 heavy (non-hydrogen) atoms. The van der Waals surface area contributed by atoms with Gasteiger partial charge in [-0.1, -0.05) is 0 Å². The van der Waals surface area contributed by atoms with Crippen LogP contribution < -0.4 is 0 Å². The summed E-state index contributed by atoms with van der Waals surface area (Å²) in [6.07, 6.45) is 0. The first-order valence-electron chi connectivity index (χ1n) is 1.01. The van der Waals surface area contributed by atoms with Crippen molar-refractivity contribution in [3.63, 3.8) is 0 Å². The monoisotopic (exact) mass is 170 g/mol. The zero-order valence-electron chi connectivity index (χ0n) is 2.33. The van der Waals surface area contributed by atoms with E-state index in [9.17, 15) is 0 Å². The van der Waals surface area contributed by atoms with Gasteiger partial charge in [0.05, 0.1) is 0 Å². The summed E-state index contributed by atoms with van der Waals surface area (Å²) in [5.41, 5.74) is 0. The third-order valence-corrected chi connectivity index (χ3v) is 0. The van der Waals surface area contributed by atoms with E-state index in [0.29, 0.717) is 0 Å². The topological polar surface area (TPSA) is 0 Å². The number of halogens is 2. The van der Waals surface area contributed by atoms with E-state index in [2.05, 4.69) is 0 Å². The number of hydrogen-bond acceptors (Lipinski definition) is 0. The zero-order chi connectivity index (χ0) is 3.58. The fraction of sp³-hybridized carbons (Fsp3) is 1.00. The van der Waals surface area contributed by atoms with Crippen molar-refractivity contribution in [2.45, 2.75) is 11.8 Å². The first kappa shape index (κ1) is 9.51. The van der Waals surface area contributed by atoms with Crippen molar-refractivity contribution in [2.75, 3.05) is 0 Å². The average Bonchev–Trinajstić information content (AvgIpc) is 0.811. The van der Waals surface area contributed by atoms with E-state index in [1.807, 2.05) is 0 Å². The van der Waals surface area contributed by atoms with Crippen molar-refractivity contribution in [3.05, 3.63) is 0 Å². The van der Waals surface area contributed by atoms with Gasteiger partial charge in [0.25, 0.3) is 0 Å². The minimum atomic E-state index is -0.222. The van der Waals surface area contributed by atoms with E-state index in [0.717, 1.165) is 0 Å². The van der Waals surface area contributed by atoms with E-state index in [-0.39, 0.29) is 24.6 Å². The van der Waals surface area contributed by atoms with Crippen LogP contribution in [0.3, 0.4) is 0 Å². The predicted octanol–water partition coefficient (Wildman–Crippen LogP) is 0.626. The molecule has 0 rings (SSSR count). The minimum absolute atomic E-state index is 0. The molecule has 0 unspecified atom stereocenters. The molecule has 0 bridgehead atoms. The molecule has 0 atom stereocenters. The van der Waals surface area contributed by atoms with Crippen molar-refractivity contribution in [3.8, 4) is 0 Å². The molecular weight excluding hydrogens is 165 g/mol. The Balaban J connectivity index is 0. The molecule has 0 aliphatic carbocycles. The van der Waals surface area contributed by atoms with Crippen LogP contribution in [0.5, 0.6) is 0 Å². The Morgan fingerprint density at radius 2 is 1.40 bits per heavy atom. The van der Waals surface area contributed by atoms with Gasteiger partial charge in [-0.25, -0.2) is 0 Å². The van der Waals surface area contributed by atoms with Gasteiger partial charge in [-0.2, -0.15) is 0 Å². The molecule has 0 aromatic carbocycles. The maximum atomic E-state index is 5.04. The van der Waals surface area contributed by atoms with Crippen LogP contribution in [0.2, 0.25) is 0 Å². The Hall–Kier alpha value is 1.22. The van der Waals surface area contributed by atoms with Crippen LogP contribution in [0, 0.1) is 0 Å². The van der Waals surface area contributed by atoms with Crippen LogP contribution in [0.15, 0.2) is 0 Å². The molecule has 0 heterocycles. The zero-order valence-corrected chi connectivity index (χ0v) is 3.85. The van der Waals surface area contributed by atoms with Crippen molar-refractivity contribution in [1.82, 2.24) is 0 Å². The molecule has 0 N–H and O–H groups in total. The molecule has 0 fully saturated rings. The van der Waals surface area contributed by atoms with Gasteiger partial charge in [-0.3, -0.25) is 0 Å². The second-order valence-corrected chi connectivity index (χ2v) is 2.05. The van der Waals surface area contributed by atoms with Gasteiger partial charge in [0.2, 0.25) is 0 Å². The van der Waals surface area contributed by atoms with Gasteiger partial charge in [0.1, 0.15) is 4.84 Å². The van der Waals surface area contributed by atoms with Gasteiger partial charge < -0.3 is 0 Å². The number of alkyl halides is 2. The van der Waals surface area contributed by atoms with E-state index in [1.54, 1.807) is 6.92 Å². The Morgan fingerprint density at radius 3 is 1.40 bits per heavy atom. The van der Waals surface area contributed by atoms with Gasteiger partial charge in [-0.15, -0.1) is 23.2 Å². The Labute approximate surface area is 54.9 Å². The molecule has 0 amide bonds. The van der Waals surface area contributed by atoms with E-state index < -0.39 is 0 Å². The van der Waals surface area contributed by atoms with Crippen LogP contribution >= 0.6 is 23.2 Å². The quantitative estimate of drug-likeness (QED) is 0.371. The first-order chi connectivity index (χ1) is 1.73. The summed E-state index contributed by atoms with van der Waals surface area (Å²) in [5.74, 6) is 0. The fourth-order valence-electron chi connectivity index (χ4n) is 0. The van der Waals surface area contributed by atoms with Crippen LogP contribution in [0.4, 0.5) is 0 Å². The van der Waals surface area contributed by atoms with Crippen molar-refractivity contribution >= 4 is 43.0 Å². The molecule has 0 nitrogen and oxygen atoms in total. The average molecular weight is 172 g/mol. The third kappa shape index (κ3) is 36.5. The second-order valence-electron chi connectivity index (χ2n) is 0.519. The molecule has 0 spiro atoms. The SMILES string of the molecule is CC(Cl)Cl.[GaH3]. The summed E-state index contributed by atoms with van der Waals surface area (Å²) in [6.45, 7) is 1.70. The molecule has 0 saturated heterocycles. The van der Waals surface area contributed by atoms with Crippen molar-refractivity contribution in [1.29, 1.82) is 0 Å². The molecular formula is C2H7Cl2Ga. The van der Waals surface area contributed by atoms with Crippen molar-refractivity contribution < 1.29 is 0 Å². The van der Waals surface area contributed by atoms with Gasteiger partial charge in [0.15, 0.2) is 0 Å². The standard InChI is InChI=1S/C2H4Cl2.Ga.3H/c1-2(3)4;;;;/h2H,1H3;;;;. The fourth-order valence-corrected chi connectivity index (χ4v) is 0. The van der Waals surface area contributed by atoms with Gasteiger partial charge >= 0.3 is 19.8 Å². The summed E-state index contributed by atoms with van der Waals surface area (Å²) in [4.78, 5) is -0.222. The first-order valence-corrected chi connectivity index (χ1v) is 1.89. The van der Waals surface area contributed by atoms with E-state index in [1.165, 1.54) is 0 Å². The van der Waals surface area contributed by atoms with Crippen LogP contribution in [0.1, 0.15) is 6.92 Å². The molecule has 0 aromatic heterocycles. The normalized spacial score (nSPS) is 7.20. The van der Waals surface area contributed by atoms with Crippen LogP contribution in [-0.2, 0) is 0 Å². The Bertz CT molecular complexity index is 12.4. The maximum absolute atomic E-state index is 5.04. The molecule has 0 radical (unpaired) electrons. The van der Waals surface area contributed by atoms with E-state index in [4.69, 9.17) is 23.2 Å². The summed E-state index contributed by atoms with van der Waals surface area (Å²) in [6, 6.07) is 0.